The number of benzene rings is 2. The predicted molar refractivity (Wildman–Crippen MR) is 129 cm³/mol. The van der Waals surface area contributed by atoms with E-state index < -0.39 is 0 Å². The molecule has 0 aliphatic carbocycles. The highest BCUT2D eigenvalue weighted by molar-refractivity contribution is 5.94. The van der Waals surface area contributed by atoms with Crippen LogP contribution < -0.4 is 0 Å². The van der Waals surface area contributed by atoms with Gasteiger partial charge in [0.1, 0.15) is 0 Å². The second-order valence-electron chi connectivity index (χ2n) is 8.40. The third-order valence-corrected chi connectivity index (χ3v) is 6.11. The lowest BCUT2D eigenvalue weighted by Crippen LogP contribution is -2.43. The summed E-state index contributed by atoms with van der Waals surface area (Å²) in [5, 5.41) is 4.65. The van der Waals surface area contributed by atoms with Gasteiger partial charge in [-0.05, 0) is 25.8 Å². The summed E-state index contributed by atoms with van der Waals surface area (Å²) in [5.74, 6) is -0.729. The molecular weight excluding hydrogens is 428 g/mol. The van der Waals surface area contributed by atoms with E-state index in [2.05, 4.69) is 5.10 Å². The Balaban J connectivity index is 1.53. The fourth-order valence-corrected chi connectivity index (χ4v) is 4.43. The Bertz CT molecular complexity index is 1320. The van der Waals surface area contributed by atoms with Gasteiger partial charge in [-0.3, -0.25) is 9.59 Å². The molecule has 34 heavy (non-hydrogen) atoms. The molecule has 7 heteroatoms. The van der Waals surface area contributed by atoms with Crippen molar-refractivity contribution in [3.8, 4) is 22.5 Å². The van der Waals surface area contributed by atoms with Crippen LogP contribution in [0.15, 0.2) is 72.8 Å². The minimum Gasteiger partial charge on any atom is -0.466 e. The number of esters is 1. The van der Waals surface area contributed by atoms with Crippen LogP contribution in [0.2, 0.25) is 0 Å². The number of carbonyl (C=O) groups is 2. The van der Waals surface area contributed by atoms with E-state index in [4.69, 9.17) is 9.72 Å². The number of aromatic nitrogens is 3. The van der Waals surface area contributed by atoms with Gasteiger partial charge in [0.05, 0.1) is 23.9 Å². The van der Waals surface area contributed by atoms with E-state index in [0.717, 1.165) is 35.4 Å². The minimum atomic E-state index is -0.294. The van der Waals surface area contributed by atoms with Crippen molar-refractivity contribution in [2.24, 2.45) is 5.92 Å². The lowest BCUT2D eigenvalue weighted by Gasteiger charge is -2.31. The Morgan fingerprint density at radius 2 is 1.71 bits per heavy atom. The smallest absolute Gasteiger partial charge is 0.310 e. The largest absolute Gasteiger partial charge is 0.466 e. The number of fused-ring (bicyclic) bond motifs is 1. The Labute approximate surface area is 198 Å². The van der Waals surface area contributed by atoms with Crippen molar-refractivity contribution in [3.63, 3.8) is 0 Å². The normalized spacial score (nSPS) is 15.9. The van der Waals surface area contributed by atoms with Crippen LogP contribution in [0.4, 0.5) is 0 Å². The van der Waals surface area contributed by atoms with E-state index in [1.165, 1.54) is 0 Å². The monoisotopic (exact) mass is 454 g/mol. The zero-order valence-corrected chi connectivity index (χ0v) is 19.1. The van der Waals surface area contributed by atoms with Gasteiger partial charge in [-0.2, -0.15) is 5.10 Å². The second-order valence-corrected chi connectivity index (χ2v) is 8.40. The Morgan fingerprint density at radius 1 is 1.00 bits per heavy atom. The summed E-state index contributed by atoms with van der Waals surface area (Å²) in [5.41, 5.74) is 4.55. The maximum absolute atomic E-state index is 13.4. The fourth-order valence-electron chi connectivity index (χ4n) is 4.43. The topological polar surface area (TPSA) is 76.8 Å². The van der Waals surface area contributed by atoms with Gasteiger partial charge in [-0.25, -0.2) is 9.50 Å². The maximum Gasteiger partial charge on any atom is 0.310 e. The van der Waals surface area contributed by atoms with Gasteiger partial charge in [-0.15, -0.1) is 0 Å². The standard InChI is InChI=1S/C27H26N4O3/c1-2-34-27(33)21-14-9-15-30(18-21)26(32)23-17-25-28-22(19-10-5-3-6-11-19)16-24(31(25)29-23)20-12-7-4-8-13-20/h3-8,10-13,16-17,21H,2,9,14-15,18H2,1H3/t21-/m0/s1. The summed E-state index contributed by atoms with van der Waals surface area (Å²) in [7, 11) is 0. The highest BCUT2D eigenvalue weighted by Gasteiger charge is 2.31. The van der Waals surface area contributed by atoms with Gasteiger partial charge in [0.15, 0.2) is 11.3 Å². The molecule has 0 saturated carbocycles. The van der Waals surface area contributed by atoms with Crippen LogP contribution in [0, 0.1) is 5.92 Å². The van der Waals surface area contributed by atoms with E-state index >= 15 is 0 Å². The SMILES string of the molecule is CCOC(=O)[C@H]1CCCN(C(=O)c2cc3nc(-c4ccccc4)cc(-c4ccccc4)n3n2)C1. The van der Waals surface area contributed by atoms with Crippen molar-refractivity contribution in [1.29, 1.82) is 0 Å². The highest BCUT2D eigenvalue weighted by Crippen LogP contribution is 2.27. The number of hydrogen-bond acceptors (Lipinski definition) is 5. The van der Waals surface area contributed by atoms with E-state index in [1.54, 1.807) is 22.4 Å². The van der Waals surface area contributed by atoms with Crippen LogP contribution >= 0.6 is 0 Å². The first-order valence-electron chi connectivity index (χ1n) is 11.6. The number of piperidine rings is 1. The molecule has 1 fully saturated rings. The average molecular weight is 455 g/mol. The van der Waals surface area contributed by atoms with Crippen molar-refractivity contribution in [3.05, 3.63) is 78.5 Å². The molecule has 1 atom stereocenters. The molecule has 172 valence electrons. The number of likely N-dealkylation sites (tertiary alicyclic amines) is 1. The maximum atomic E-state index is 13.4. The molecule has 2 aromatic heterocycles. The first kappa shape index (κ1) is 21.8. The molecule has 4 aromatic rings. The summed E-state index contributed by atoms with van der Waals surface area (Å²) >= 11 is 0. The molecule has 0 radical (unpaired) electrons. The van der Waals surface area contributed by atoms with Gasteiger partial charge >= 0.3 is 5.97 Å². The fraction of sp³-hybridized carbons (Fsp3) is 0.259. The molecule has 0 unspecified atom stereocenters. The van der Waals surface area contributed by atoms with Crippen molar-refractivity contribution in [2.75, 3.05) is 19.7 Å². The van der Waals surface area contributed by atoms with Gasteiger partial charge in [0, 0.05) is 30.3 Å². The predicted octanol–water partition coefficient (Wildman–Crippen LogP) is 4.48. The highest BCUT2D eigenvalue weighted by atomic mass is 16.5. The summed E-state index contributed by atoms with van der Waals surface area (Å²) in [6.45, 7) is 3.07. The summed E-state index contributed by atoms with van der Waals surface area (Å²) in [6, 6.07) is 23.6. The Morgan fingerprint density at radius 3 is 2.41 bits per heavy atom. The van der Waals surface area contributed by atoms with Gasteiger partial charge in [0.25, 0.3) is 5.91 Å². The molecule has 1 aliphatic heterocycles. The van der Waals surface area contributed by atoms with Gasteiger partial charge in [0.2, 0.25) is 0 Å². The molecule has 0 spiro atoms. The zero-order valence-electron chi connectivity index (χ0n) is 19.1. The summed E-state index contributed by atoms with van der Waals surface area (Å²) in [4.78, 5) is 32.1. The van der Waals surface area contributed by atoms with Crippen LogP contribution in [0.25, 0.3) is 28.2 Å². The minimum absolute atomic E-state index is 0.195. The number of carbonyl (C=O) groups excluding carboxylic acids is 2. The number of nitrogens with zero attached hydrogens (tertiary/aromatic N) is 4. The van der Waals surface area contributed by atoms with E-state index in [9.17, 15) is 9.59 Å². The second kappa shape index (κ2) is 9.47. The molecule has 1 aliphatic rings. The van der Waals surface area contributed by atoms with Gasteiger partial charge < -0.3 is 9.64 Å². The molecule has 1 saturated heterocycles. The van der Waals surface area contributed by atoms with Crippen molar-refractivity contribution >= 4 is 17.5 Å². The molecule has 0 bridgehead atoms. The first-order valence-corrected chi connectivity index (χ1v) is 11.6. The molecule has 2 aromatic carbocycles. The average Bonchev–Trinajstić information content (AvgIpc) is 3.33. The number of ether oxygens (including phenoxy) is 1. The van der Waals surface area contributed by atoms with Crippen LogP contribution in [0.3, 0.4) is 0 Å². The van der Waals surface area contributed by atoms with Crippen molar-refractivity contribution < 1.29 is 14.3 Å². The van der Waals surface area contributed by atoms with Crippen molar-refractivity contribution in [1.82, 2.24) is 19.5 Å². The summed E-state index contributed by atoms with van der Waals surface area (Å²) in [6.07, 6.45) is 1.49. The molecule has 1 amide bonds. The number of rotatable bonds is 5. The van der Waals surface area contributed by atoms with Crippen LogP contribution in [0.1, 0.15) is 30.3 Å². The van der Waals surface area contributed by atoms with Crippen LogP contribution in [-0.2, 0) is 9.53 Å². The molecule has 5 rings (SSSR count). The molecular formula is C27H26N4O3. The van der Waals surface area contributed by atoms with Crippen molar-refractivity contribution in [2.45, 2.75) is 19.8 Å². The van der Waals surface area contributed by atoms with Crippen LogP contribution in [-0.4, -0.2) is 51.1 Å². The number of hydrogen-bond donors (Lipinski definition) is 0. The Hall–Kier alpha value is -4.00. The third kappa shape index (κ3) is 4.29. The lowest BCUT2D eigenvalue weighted by molar-refractivity contribution is -0.149. The number of amides is 1. The first-order chi connectivity index (χ1) is 16.6. The zero-order chi connectivity index (χ0) is 23.5. The quantitative estimate of drug-likeness (QED) is 0.416. The Kier molecular flexibility index (Phi) is 6.08. The molecule has 7 nitrogen and oxygen atoms in total. The summed E-state index contributed by atoms with van der Waals surface area (Å²) < 4.78 is 6.90. The lowest BCUT2D eigenvalue weighted by atomic mass is 9.98. The van der Waals surface area contributed by atoms with E-state index in [1.807, 2.05) is 66.7 Å². The molecule has 3 heterocycles. The van der Waals surface area contributed by atoms with Gasteiger partial charge in [-0.1, -0.05) is 60.7 Å². The third-order valence-electron chi connectivity index (χ3n) is 6.11. The van der Waals surface area contributed by atoms with E-state index in [-0.39, 0.29) is 17.8 Å². The van der Waals surface area contributed by atoms with E-state index in [0.29, 0.717) is 31.0 Å². The van der Waals surface area contributed by atoms with Crippen LogP contribution in [0.5, 0.6) is 0 Å². The molecule has 0 N–H and O–H groups in total.